The van der Waals surface area contributed by atoms with E-state index in [0.717, 1.165) is 17.8 Å². The van der Waals surface area contributed by atoms with Crippen molar-refractivity contribution in [3.8, 4) is 5.69 Å². The van der Waals surface area contributed by atoms with Gasteiger partial charge in [-0.3, -0.25) is 4.79 Å². The second-order valence-electron chi connectivity index (χ2n) is 5.42. The summed E-state index contributed by atoms with van der Waals surface area (Å²) in [5.74, 6) is -0.0933. The molecule has 1 heterocycles. The van der Waals surface area contributed by atoms with E-state index in [4.69, 9.17) is 4.74 Å². The molecule has 5 heteroatoms. The van der Waals surface area contributed by atoms with Crippen molar-refractivity contribution >= 4 is 5.91 Å². The van der Waals surface area contributed by atoms with Crippen LogP contribution in [0.1, 0.15) is 36.3 Å². The molecule has 0 aliphatic heterocycles. The maximum Gasteiger partial charge on any atom is 0.254 e. The molecule has 0 aliphatic carbocycles. The summed E-state index contributed by atoms with van der Waals surface area (Å²) in [7, 11) is 0. The molecule has 1 aromatic carbocycles. The van der Waals surface area contributed by atoms with Gasteiger partial charge < -0.3 is 10.1 Å². The summed E-state index contributed by atoms with van der Waals surface area (Å²) in [4.78, 5) is 12.2. The van der Waals surface area contributed by atoms with Crippen LogP contribution in [0.25, 0.3) is 5.69 Å². The maximum atomic E-state index is 12.2. The van der Waals surface area contributed by atoms with Crippen LogP contribution in [0.2, 0.25) is 0 Å². The number of hydrogen-bond donors (Lipinski definition) is 1. The van der Waals surface area contributed by atoms with Crippen molar-refractivity contribution < 1.29 is 9.53 Å². The number of rotatable bonds is 7. The van der Waals surface area contributed by atoms with Crippen molar-refractivity contribution in [1.82, 2.24) is 15.1 Å². The van der Waals surface area contributed by atoms with Crippen LogP contribution in [0.3, 0.4) is 0 Å². The Morgan fingerprint density at radius 1 is 1.32 bits per heavy atom. The molecular formula is C17H23N3O2. The lowest BCUT2D eigenvalue weighted by atomic mass is 10.2. The average Bonchev–Trinajstić information content (AvgIpc) is 2.89. The molecule has 22 heavy (non-hydrogen) atoms. The van der Waals surface area contributed by atoms with Crippen molar-refractivity contribution in [2.45, 2.75) is 33.3 Å². The van der Waals surface area contributed by atoms with Crippen LogP contribution in [0.15, 0.2) is 36.5 Å². The van der Waals surface area contributed by atoms with Gasteiger partial charge in [0.05, 0.1) is 29.2 Å². The number of ether oxygens (including phenoxy) is 1. The van der Waals surface area contributed by atoms with Crippen LogP contribution in [-0.2, 0) is 4.74 Å². The smallest absolute Gasteiger partial charge is 0.254 e. The number of carbonyl (C=O) groups excluding carboxylic acids is 1. The Morgan fingerprint density at radius 3 is 2.73 bits per heavy atom. The van der Waals surface area contributed by atoms with Crippen LogP contribution >= 0.6 is 0 Å². The highest BCUT2D eigenvalue weighted by Crippen LogP contribution is 2.13. The van der Waals surface area contributed by atoms with Crippen molar-refractivity contribution in [2.24, 2.45) is 0 Å². The predicted molar refractivity (Wildman–Crippen MR) is 86.3 cm³/mol. The number of hydrogen-bond acceptors (Lipinski definition) is 3. The minimum absolute atomic E-state index is 0.0933. The zero-order valence-corrected chi connectivity index (χ0v) is 13.4. The molecule has 0 bridgehead atoms. The van der Waals surface area contributed by atoms with Gasteiger partial charge >= 0.3 is 0 Å². The van der Waals surface area contributed by atoms with Gasteiger partial charge in [0, 0.05) is 13.2 Å². The summed E-state index contributed by atoms with van der Waals surface area (Å²) in [6.45, 7) is 7.15. The molecule has 0 atom stereocenters. The lowest BCUT2D eigenvalue weighted by Gasteiger charge is -2.08. The Bertz CT molecular complexity index is 606. The number of nitrogens with zero attached hydrogens (tertiary/aromatic N) is 2. The van der Waals surface area contributed by atoms with Gasteiger partial charge in [0.2, 0.25) is 0 Å². The number of amides is 1. The second kappa shape index (κ2) is 7.75. The molecule has 1 amide bonds. The Morgan fingerprint density at radius 2 is 2.05 bits per heavy atom. The van der Waals surface area contributed by atoms with Gasteiger partial charge in [0.15, 0.2) is 0 Å². The lowest BCUT2D eigenvalue weighted by Crippen LogP contribution is -2.26. The summed E-state index contributed by atoms with van der Waals surface area (Å²) in [6.07, 6.45) is 2.64. The Labute approximate surface area is 131 Å². The van der Waals surface area contributed by atoms with Crippen molar-refractivity contribution in [1.29, 1.82) is 0 Å². The van der Waals surface area contributed by atoms with Crippen molar-refractivity contribution in [2.75, 3.05) is 13.2 Å². The first kappa shape index (κ1) is 16.2. The van der Waals surface area contributed by atoms with Gasteiger partial charge in [-0.2, -0.15) is 5.10 Å². The molecule has 2 rings (SSSR count). The molecule has 0 saturated carbocycles. The first-order valence-corrected chi connectivity index (χ1v) is 7.59. The van der Waals surface area contributed by atoms with E-state index >= 15 is 0 Å². The zero-order valence-electron chi connectivity index (χ0n) is 13.4. The third-order valence-electron chi connectivity index (χ3n) is 3.31. The Balaban J connectivity index is 1.93. The van der Waals surface area contributed by atoms with Crippen molar-refractivity contribution in [3.05, 3.63) is 47.8 Å². The minimum atomic E-state index is -0.0933. The Hall–Kier alpha value is -2.14. The molecule has 118 valence electrons. The normalized spacial score (nSPS) is 10.9. The second-order valence-corrected chi connectivity index (χ2v) is 5.42. The number of aromatic nitrogens is 2. The molecular weight excluding hydrogens is 278 g/mol. The number of para-hydroxylation sites is 1. The molecule has 1 aromatic heterocycles. The molecule has 0 spiro atoms. The highest BCUT2D eigenvalue weighted by molar-refractivity contribution is 5.95. The van der Waals surface area contributed by atoms with Gasteiger partial charge in [-0.25, -0.2) is 4.68 Å². The number of benzene rings is 1. The summed E-state index contributed by atoms with van der Waals surface area (Å²) >= 11 is 0. The first-order chi connectivity index (χ1) is 10.6. The largest absolute Gasteiger partial charge is 0.379 e. The van der Waals surface area contributed by atoms with E-state index in [1.54, 1.807) is 10.9 Å². The summed E-state index contributed by atoms with van der Waals surface area (Å²) in [5, 5.41) is 7.21. The summed E-state index contributed by atoms with van der Waals surface area (Å²) < 4.78 is 7.22. The van der Waals surface area contributed by atoms with Gasteiger partial charge in [-0.1, -0.05) is 18.2 Å². The van der Waals surface area contributed by atoms with E-state index in [2.05, 4.69) is 10.4 Å². The molecule has 1 N–H and O–H groups in total. The van der Waals surface area contributed by atoms with Crippen LogP contribution < -0.4 is 5.32 Å². The van der Waals surface area contributed by atoms with E-state index in [1.807, 2.05) is 51.1 Å². The van der Waals surface area contributed by atoms with E-state index in [1.165, 1.54) is 0 Å². The lowest BCUT2D eigenvalue weighted by molar-refractivity contribution is 0.0757. The molecule has 2 aromatic rings. The van der Waals surface area contributed by atoms with Gasteiger partial charge in [-0.05, 0) is 39.3 Å². The molecule has 5 nitrogen and oxygen atoms in total. The number of carbonyl (C=O) groups is 1. The fourth-order valence-electron chi connectivity index (χ4n) is 2.15. The zero-order chi connectivity index (χ0) is 15.9. The fourth-order valence-corrected chi connectivity index (χ4v) is 2.15. The van der Waals surface area contributed by atoms with Crippen LogP contribution in [-0.4, -0.2) is 34.9 Å². The molecule has 0 fully saturated rings. The highest BCUT2D eigenvalue weighted by Gasteiger charge is 2.14. The van der Waals surface area contributed by atoms with Crippen molar-refractivity contribution in [3.63, 3.8) is 0 Å². The van der Waals surface area contributed by atoms with E-state index in [9.17, 15) is 4.79 Å². The third-order valence-corrected chi connectivity index (χ3v) is 3.31. The average molecular weight is 301 g/mol. The Kier molecular flexibility index (Phi) is 5.72. The third kappa shape index (κ3) is 4.18. The molecule has 0 radical (unpaired) electrons. The van der Waals surface area contributed by atoms with E-state index in [0.29, 0.717) is 18.7 Å². The fraction of sp³-hybridized carbons (Fsp3) is 0.412. The van der Waals surface area contributed by atoms with E-state index < -0.39 is 0 Å². The molecule has 0 unspecified atom stereocenters. The molecule has 0 aliphatic rings. The minimum Gasteiger partial charge on any atom is -0.379 e. The van der Waals surface area contributed by atoms with Gasteiger partial charge in [0.25, 0.3) is 5.91 Å². The predicted octanol–water partition coefficient (Wildman–Crippen LogP) is 2.73. The van der Waals surface area contributed by atoms with Crippen LogP contribution in [0.5, 0.6) is 0 Å². The maximum absolute atomic E-state index is 12.2. The number of nitrogens with one attached hydrogen (secondary N) is 1. The highest BCUT2D eigenvalue weighted by atomic mass is 16.5. The summed E-state index contributed by atoms with van der Waals surface area (Å²) in [6, 6.07) is 9.78. The first-order valence-electron chi connectivity index (χ1n) is 7.59. The summed E-state index contributed by atoms with van der Waals surface area (Å²) in [5.41, 5.74) is 2.39. The van der Waals surface area contributed by atoms with Gasteiger partial charge in [0.1, 0.15) is 0 Å². The quantitative estimate of drug-likeness (QED) is 0.800. The standard InChI is InChI=1S/C17H23N3O2/c1-13(2)22-11-7-10-18-17(21)16-12-19-20(14(16)3)15-8-5-4-6-9-15/h4-6,8-9,12-13H,7,10-11H2,1-3H3,(H,18,21). The topological polar surface area (TPSA) is 56.1 Å². The SMILES string of the molecule is Cc1c(C(=O)NCCCOC(C)C)cnn1-c1ccccc1. The van der Waals surface area contributed by atoms with E-state index in [-0.39, 0.29) is 12.0 Å². The van der Waals surface area contributed by atoms with Crippen LogP contribution in [0, 0.1) is 6.92 Å². The monoisotopic (exact) mass is 301 g/mol. The van der Waals surface area contributed by atoms with Crippen LogP contribution in [0.4, 0.5) is 0 Å². The van der Waals surface area contributed by atoms with Gasteiger partial charge in [-0.15, -0.1) is 0 Å². The molecule has 0 saturated heterocycles.